The number of allylic oxidation sites excluding steroid dienone is 1. The van der Waals surface area contributed by atoms with Gasteiger partial charge in [-0.1, -0.05) is 0 Å². The monoisotopic (exact) mass is 184 g/mol. The molecule has 0 aromatic heterocycles. The van der Waals surface area contributed by atoms with E-state index in [1.165, 1.54) is 7.11 Å². The number of methoxy groups -OCH3 is 1. The number of ether oxygens (including phenoxy) is 3. The Balaban J connectivity index is 2.24. The molecule has 0 saturated carbocycles. The summed E-state index contributed by atoms with van der Waals surface area (Å²) in [6.07, 6.45) is 0.584. The quantitative estimate of drug-likeness (QED) is 0.566. The molecule has 2 rings (SSSR count). The van der Waals surface area contributed by atoms with Crippen LogP contribution >= 0.6 is 0 Å². The van der Waals surface area contributed by atoms with Gasteiger partial charge in [0, 0.05) is 0 Å². The van der Waals surface area contributed by atoms with Gasteiger partial charge in [-0.2, -0.15) is 0 Å². The molecule has 0 spiro atoms. The third-order valence-electron chi connectivity index (χ3n) is 2.49. The number of carbonyl (C=O) groups excluding carboxylic acids is 1. The minimum absolute atomic E-state index is 0.0763. The molecule has 2 atom stereocenters. The van der Waals surface area contributed by atoms with Crippen molar-refractivity contribution in [1.29, 1.82) is 0 Å². The molecule has 2 aliphatic rings. The summed E-state index contributed by atoms with van der Waals surface area (Å²) in [4.78, 5) is 11.4. The van der Waals surface area contributed by atoms with Crippen molar-refractivity contribution in [2.75, 3.05) is 13.7 Å². The Hall–Kier alpha value is -1.03. The lowest BCUT2D eigenvalue weighted by Gasteiger charge is -2.08. The average molecular weight is 184 g/mol. The summed E-state index contributed by atoms with van der Waals surface area (Å²) < 4.78 is 15.4. The molecule has 2 aliphatic heterocycles. The Morgan fingerprint density at radius 1 is 1.62 bits per heavy atom. The molecule has 1 saturated heterocycles. The Morgan fingerprint density at radius 3 is 3.08 bits per heavy atom. The molecule has 72 valence electrons. The first-order valence-electron chi connectivity index (χ1n) is 4.31. The molecule has 0 aliphatic carbocycles. The molecule has 0 aromatic carbocycles. The second-order valence-electron chi connectivity index (χ2n) is 3.21. The largest absolute Gasteiger partial charge is 0.468 e. The Morgan fingerprint density at radius 2 is 2.38 bits per heavy atom. The van der Waals surface area contributed by atoms with E-state index in [0.29, 0.717) is 17.9 Å². The minimum atomic E-state index is -0.296. The van der Waals surface area contributed by atoms with Crippen LogP contribution in [0.1, 0.15) is 13.3 Å². The summed E-state index contributed by atoms with van der Waals surface area (Å²) in [5.74, 6) is 0.421. The van der Waals surface area contributed by atoms with E-state index in [4.69, 9.17) is 9.47 Å². The maximum absolute atomic E-state index is 11.4. The van der Waals surface area contributed by atoms with Gasteiger partial charge in [-0.25, -0.2) is 4.79 Å². The SMILES string of the molecule is COC(=O)C1=C(C)O[C@H]2OCC[C@@H]12. The van der Waals surface area contributed by atoms with Gasteiger partial charge in [-0.05, 0) is 13.3 Å². The van der Waals surface area contributed by atoms with Crippen molar-refractivity contribution in [3.63, 3.8) is 0 Å². The van der Waals surface area contributed by atoms with Crippen molar-refractivity contribution in [2.24, 2.45) is 5.92 Å². The summed E-state index contributed by atoms with van der Waals surface area (Å²) in [6.45, 7) is 2.43. The van der Waals surface area contributed by atoms with Gasteiger partial charge in [0.1, 0.15) is 5.76 Å². The lowest BCUT2D eigenvalue weighted by molar-refractivity contribution is -0.136. The van der Waals surface area contributed by atoms with Crippen LogP contribution in [0.15, 0.2) is 11.3 Å². The molecule has 0 amide bonds. The van der Waals surface area contributed by atoms with E-state index in [1.54, 1.807) is 6.92 Å². The lowest BCUT2D eigenvalue weighted by Crippen LogP contribution is -2.17. The van der Waals surface area contributed by atoms with E-state index in [0.717, 1.165) is 6.42 Å². The van der Waals surface area contributed by atoms with Crippen molar-refractivity contribution < 1.29 is 19.0 Å². The summed E-state index contributed by atoms with van der Waals surface area (Å²) in [7, 11) is 1.38. The zero-order chi connectivity index (χ0) is 9.42. The van der Waals surface area contributed by atoms with Crippen molar-refractivity contribution in [1.82, 2.24) is 0 Å². The first-order chi connectivity index (χ1) is 6.24. The lowest BCUT2D eigenvalue weighted by atomic mass is 9.98. The second kappa shape index (κ2) is 3.03. The summed E-state index contributed by atoms with van der Waals surface area (Å²) in [5.41, 5.74) is 0.644. The molecule has 4 nitrogen and oxygen atoms in total. The minimum Gasteiger partial charge on any atom is -0.468 e. The predicted molar refractivity (Wildman–Crippen MR) is 43.6 cm³/mol. The molecule has 0 radical (unpaired) electrons. The molecule has 2 heterocycles. The van der Waals surface area contributed by atoms with Crippen LogP contribution in [0.3, 0.4) is 0 Å². The zero-order valence-electron chi connectivity index (χ0n) is 7.70. The summed E-state index contributed by atoms with van der Waals surface area (Å²) >= 11 is 0. The zero-order valence-corrected chi connectivity index (χ0v) is 7.70. The molecule has 0 aromatic rings. The van der Waals surface area contributed by atoms with Crippen LogP contribution in [0.2, 0.25) is 0 Å². The first-order valence-corrected chi connectivity index (χ1v) is 4.31. The van der Waals surface area contributed by atoms with Gasteiger partial charge >= 0.3 is 5.97 Å². The van der Waals surface area contributed by atoms with E-state index < -0.39 is 0 Å². The van der Waals surface area contributed by atoms with Crippen LogP contribution in [-0.2, 0) is 19.0 Å². The van der Waals surface area contributed by atoms with Crippen molar-refractivity contribution in [3.8, 4) is 0 Å². The fourth-order valence-corrected chi connectivity index (χ4v) is 1.86. The van der Waals surface area contributed by atoms with Gasteiger partial charge in [0.15, 0.2) is 0 Å². The molecular formula is C9H12O4. The van der Waals surface area contributed by atoms with Crippen LogP contribution in [0.5, 0.6) is 0 Å². The molecule has 13 heavy (non-hydrogen) atoms. The van der Waals surface area contributed by atoms with Gasteiger partial charge in [-0.3, -0.25) is 0 Å². The van der Waals surface area contributed by atoms with E-state index in [-0.39, 0.29) is 18.2 Å². The van der Waals surface area contributed by atoms with Gasteiger partial charge in [0.2, 0.25) is 6.29 Å². The van der Waals surface area contributed by atoms with Crippen molar-refractivity contribution in [3.05, 3.63) is 11.3 Å². The van der Waals surface area contributed by atoms with Crippen LogP contribution < -0.4 is 0 Å². The normalized spacial score (nSPS) is 31.5. The van der Waals surface area contributed by atoms with Crippen LogP contribution in [0.4, 0.5) is 0 Å². The van der Waals surface area contributed by atoms with Gasteiger partial charge in [0.05, 0.1) is 25.2 Å². The maximum atomic E-state index is 11.4. The fraction of sp³-hybridized carbons (Fsp3) is 0.667. The highest BCUT2D eigenvalue weighted by molar-refractivity contribution is 5.90. The van der Waals surface area contributed by atoms with E-state index in [9.17, 15) is 4.79 Å². The second-order valence-corrected chi connectivity index (χ2v) is 3.21. The van der Waals surface area contributed by atoms with E-state index in [1.807, 2.05) is 0 Å². The standard InChI is InChI=1S/C9H12O4/c1-5-7(8(10)11-2)6-3-4-12-9(6)13-5/h6,9H,3-4H2,1-2H3/t6-,9+/m0/s1. The van der Waals surface area contributed by atoms with Gasteiger partial charge in [0.25, 0.3) is 0 Å². The Bertz CT molecular complexity index is 269. The van der Waals surface area contributed by atoms with Crippen molar-refractivity contribution >= 4 is 5.97 Å². The first kappa shape index (κ1) is 8.56. The fourth-order valence-electron chi connectivity index (χ4n) is 1.86. The number of hydrogen-bond acceptors (Lipinski definition) is 4. The number of rotatable bonds is 1. The number of carbonyl (C=O) groups is 1. The molecule has 0 N–H and O–H groups in total. The predicted octanol–water partition coefficient (Wildman–Crippen LogP) is 0.826. The van der Waals surface area contributed by atoms with Crippen LogP contribution in [0.25, 0.3) is 0 Å². The smallest absolute Gasteiger partial charge is 0.337 e. The highest BCUT2D eigenvalue weighted by Gasteiger charge is 2.43. The highest BCUT2D eigenvalue weighted by atomic mass is 16.7. The van der Waals surface area contributed by atoms with Gasteiger partial charge < -0.3 is 14.2 Å². The van der Waals surface area contributed by atoms with Crippen LogP contribution in [0, 0.1) is 5.92 Å². The third-order valence-corrected chi connectivity index (χ3v) is 2.49. The van der Waals surface area contributed by atoms with Gasteiger partial charge in [-0.15, -0.1) is 0 Å². The van der Waals surface area contributed by atoms with Crippen LogP contribution in [-0.4, -0.2) is 26.0 Å². The Labute approximate surface area is 76.5 Å². The van der Waals surface area contributed by atoms with E-state index >= 15 is 0 Å². The van der Waals surface area contributed by atoms with E-state index in [2.05, 4.69) is 4.74 Å². The molecule has 0 unspecified atom stereocenters. The summed E-state index contributed by atoms with van der Waals surface area (Å²) in [6, 6.07) is 0. The topological polar surface area (TPSA) is 44.8 Å². The number of fused-ring (bicyclic) bond motifs is 1. The molecular weight excluding hydrogens is 172 g/mol. The Kier molecular flexibility index (Phi) is 2.00. The third kappa shape index (κ3) is 1.21. The molecule has 0 bridgehead atoms. The number of hydrogen-bond donors (Lipinski definition) is 0. The van der Waals surface area contributed by atoms with Crippen molar-refractivity contribution in [2.45, 2.75) is 19.6 Å². The maximum Gasteiger partial charge on any atom is 0.337 e. The summed E-state index contributed by atoms with van der Waals surface area (Å²) in [5, 5.41) is 0. The highest BCUT2D eigenvalue weighted by Crippen LogP contribution is 2.38. The average Bonchev–Trinajstić information content (AvgIpc) is 2.62. The molecule has 1 fully saturated rings. The number of esters is 1. The molecule has 4 heteroatoms.